The second-order valence-electron chi connectivity index (χ2n) is 9.04. The molecule has 0 bridgehead atoms. The molecule has 5 rings (SSSR count). The zero-order valence-electron chi connectivity index (χ0n) is 18.5. The summed E-state index contributed by atoms with van der Waals surface area (Å²) in [6.07, 6.45) is 1.06. The first-order valence-electron chi connectivity index (χ1n) is 11.2. The van der Waals surface area contributed by atoms with Gasteiger partial charge in [-0.05, 0) is 80.8 Å². The molecular weight excluding hydrogens is 372 g/mol. The summed E-state index contributed by atoms with van der Waals surface area (Å²) in [6.45, 7) is 6.78. The summed E-state index contributed by atoms with van der Waals surface area (Å²) in [6, 6.07) is 35.8. The van der Waals surface area contributed by atoms with Crippen molar-refractivity contribution in [1.29, 1.82) is 0 Å². The topological polar surface area (TPSA) is 0 Å². The minimum atomic E-state index is 0.589. The van der Waals surface area contributed by atoms with Crippen LogP contribution in [0.2, 0.25) is 0 Å². The molecule has 0 heteroatoms. The van der Waals surface area contributed by atoms with Crippen molar-refractivity contribution in [3.63, 3.8) is 0 Å². The molecule has 0 nitrogen and oxygen atoms in total. The Morgan fingerprint density at radius 3 is 1.87 bits per heavy atom. The number of benzene rings is 5. The second-order valence-corrected chi connectivity index (χ2v) is 9.04. The monoisotopic (exact) mass is 400 g/mol. The van der Waals surface area contributed by atoms with E-state index < -0.39 is 0 Å². The molecular formula is C31H28. The second kappa shape index (κ2) is 8.04. The van der Waals surface area contributed by atoms with Crippen LogP contribution >= 0.6 is 0 Å². The molecule has 0 aromatic heterocycles. The van der Waals surface area contributed by atoms with Gasteiger partial charge in [0.25, 0.3) is 0 Å². The molecule has 0 atom stereocenters. The molecule has 0 fully saturated rings. The van der Waals surface area contributed by atoms with Gasteiger partial charge in [0.15, 0.2) is 0 Å². The molecule has 0 aliphatic heterocycles. The van der Waals surface area contributed by atoms with Crippen LogP contribution in [0.1, 0.15) is 25.0 Å². The number of fused-ring (bicyclic) bond motifs is 2. The minimum absolute atomic E-state index is 0.589. The first-order chi connectivity index (χ1) is 15.1. The zero-order valence-corrected chi connectivity index (χ0v) is 18.5. The highest BCUT2D eigenvalue weighted by Crippen LogP contribution is 2.42. The fourth-order valence-electron chi connectivity index (χ4n) is 4.70. The molecule has 0 aliphatic rings. The average molecular weight is 401 g/mol. The van der Waals surface area contributed by atoms with Gasteiger partial charge in [0.2, 0.25) is 0 Å². The zero-order chi connectivity index (χ0) is 21.4. The largest absolute Gasteiger partial charge is 0.0625 e. The Kier molecular flexibility index (Phi) is 5.08. The van der Waals surface area contributed by atoms with Crippen LogP contribution in [0, 0.1) is 12.8 Å². The maximum absolute atomic E-state index is 2.43. The van der Waals surface area contributed by atoms with Crippen molar-refractivity contribution in [2.75, 3.05) is 0 Å². The van der Waals surface area contributed by atoms with Gasteiger partial charge >= 0.3 is 0 Å². The van der Waals surface area contributed by atoms with Crippen LogP contribution in [0.25, 0.3) is 43.8 Å². The lowest BCUT2D eigenvalue weighted by molar-refractivity contribution is 0.648. The van der Waals surface area contributed by atoms with E-state index in [2.05, 4.69) is 118 Å². The molecule has 152 valence electrons. The Morgan fingerprint density at radius 1 is 0.581 bits per heavy atom. The molecule has 0 heterocycles. The number of hydrogen-bond donors (Lipinski definition) is 0. The van der Waals surface area contributed by atoms with Crippen LogP contribution in [0.4, 0.5) is 0 Å². The van der Waals surface area contributed by atoms with Gasteiger partial charge in [-0.25, -0.2) is 0 Å². The van der Waals surface area contributed by atoms with E-state index in [-0.39, 0.29) is 0 Å². The molecule has 0 amide bonds. The molecule has 31 heavy (non-hydrogen) atoms. The van der Waals surface area contributed by atoms with Gasteiger partial charge in [-0.1, -0.05) is 104 Å². The normalized spacial score (nSPS) is 11.5. The van der Waals surface area contributed by atoms with Crippen molar-refractivity contribution in [1.82, 2.24) is 0 Å². The molecule has 0 unspecified atom stereocenters. The van der Waals surface area contributed by atoms with Crippen molar-refractivity contribution in [2.45, 2.75) is 27.2 Å². The van der Waals surface area contributed by atoms with Crippen LogP contribution in [0.3, 0.4) is 0 Å². The highest BCUT2D eigenvalue weighted by atomic mass is 14.2. The molecule has 0 spiro atoms. The SMILES string of the molecule is Cc1ccc(-c2c(-c3ccccc3)c(CC(C)C)cc3cc4ccccc4cc23)cc1. The first kappa shape index (κ1) is 19.6. The van der Waals surface area contributed by atoms with Gasteiger partial charge in [-0.2, -0.15) is 0 Å². The number of hydrogen-bond acceptors (Lipinski definition) is 0. The molecule has 0 N–H and O–H groups in total. The Bertz CT molecular complexity index is 1360. The van der Waals surface area contributed by atoms with E-state index in [4.69, 9.17) is 0 Å². The number of rotatable bonds is 4. The third-order valence-electron chi connectivity index (χ3n) is 6.12. The summed E-state index contributed by atoms with van der Waals surface area (Å²) in [5.74, 6) is 0.589. The van der Waals surface area contributed by atoms with Gasteiger partial charge in [-0.15, -0.1) is 0 Å². The maximum atomic E-state index is 2.43. The lowest BCUT2D eigenvalue weighted by atomic mass is 9.83. The minimum Gasteiger partial charge on any atom is -0.0625 e. The van der Waals surface area contributed by atoms with Crippen LogP contribution in [0.15, 0.2) is 97.1 Å². The summed E-state index contributed by atoms with van der Waals surface area (Å²) in [7, 11) is 0. The van der Waals surface area contributed by atoms with E-state index in [1.54, 1.807) is 0 Å². The van der Waals surface area contributed by atoms with Gasteiger partial charge in [-0.3, -0.25) is 0 Å². The van der Waals surface area contributed by atoms with Gasteiger partial charge in [0.1, 0.15) is 0 Å². The standard InChI is InChI=1S/C31H28/c1-21(2)17-28-19-27-18-25-11-7-8-12-26(25)20-29(27)31(24-15-13-22(3)14-16-24)30(28)23-9-5-4-6-10-23/h4-16,18-21H,17H2,1-3H3. The lowest BCUT2D eigenvalue weighted by Crippen LogP contribution is -2.00. The summed E-state index contributed by atoms with van der Waals surface area (Å²) in [4.78, 5) is 0. The Labute approximate surface area is 185 Å². The molecule has 0 aliphatic carbocycles. The van der Waals surface area contributed by atoms with Crippen molar-refractivity contribution < 1.29 is 0 Å². The van der Waals surface area contributed by atoms with E-state index in [0.717, 1.165) is 6.42 Å². The van der Waals surface area contributed by atoms with Crippen molar-refractivity contribution in [3.05, 3.63) is 108 Å². The van der Waals surface area contributed by atoms with Crippen LogP contribution in [-0.2, 0) is 6.42 Å². The molecule has 0 radical (unpaired) electrons. The van der Waals surface area contributed by atoms with Gasteiger partial charge < -0.3 is 0 Å². The van der Waals surface area contributed by atoms with Crippen LogP contribution in [-0.4, -0.2) is 0 Å². The summed E-state index contributed by atoms with van der Waals surface area (Å²) in [5, 5.41) is 5.24. The van der Waals surface area contributed by atoms with Crippen LogP contribution < -0.4 is 0 Å². The third kappa shape index (κ3) is 3.75. The van der Waals surface area contributed by atoms with Crippen LogP contribution in [0.5, 0.6) is 0 Å². The van der Waals surface area contributed by atoms with Crippen molar-refractivity contribution in [3.8, 4) is 22.3 Å². The van der Waals surface area contributed by atoms with E-state index in [1.165, 1.54) is 54.9 Å². The van der Waals surface area contributed by atoms with Crippen molar-refractivity contribution in [2.24, 2.45) is 5.92 Å². The fourth-order valence-corrected chi connectivity index (χ4v) is 4.70. The predicted octanol–water partition coefficient (Wildman–Crippen LogP) is 8.83. The van der Waals surface area contributed by atoms with E-state index >= 15 is 0 Å². The molecule has 0 saturated heterocycles. The predicted molar refractivity (Wildman–Crippen MR) is 136 cm³/mol. The molecule has 5 aromatic carbocycles. The van der Waals surface area contributed by atoms with E-state index in [9.17, 15) is 0 Å². The average Bonchev–Trinajstić information content (AvgIpc) is 2.78. The fraction of sp³-hybridized carbons (Fsp3) is 0.161. The summed E-state index contributed by atoms with van der Waals surface area (Å²) < 4.78 is 0. The highest BCUT2D eigenvalue weighted by molar-refractivity contribution is 6.10. The summed E-state index contributed by atoms with van der Waals surface area (Å²) in [5.41, 5.74) is 8.03. The molecule has 0 saturated carbocycles. The summed E-state index contributed by atoms with van der Waals surface area (Å²) >= 11 is 0. The van der Waals surface area contributed by atoms with Gasteiger partial charge in [0.05, 0.1) is 0 Å². The smallest absolute Gasteiger partial charge is 0.00238 e. The van der Waals surface area contributed by atoms with Gasteiger partial charge in [0, 0.05) is 0 Å². The van der Waals surface area contributed by atoms with Crippen molar-refractivity contribution >= 4 is 21.5 Å². The first-order valence-corrected chi connectivity index (χ1v) is 11.2. The lowest BCUT2D eigenvalue weighted by Gasteiger charge is -2.21. The Morgan fingerprint density at radius 2 is 1.19 bits per heavy atom. The molecule has 5 aromatic rings. The van der Waals surface area contributed by atoms with E-state index in [0.29, 0.717) is 5.92 Å². The van der Waals surface area contributed by atoms with E-state index in [1.807, 2.05) is 0 Å². The number of aryl methyl sites for hydroxylation is 1. The Balaban J connectivity index is 1.95. The third-order valence-corrected chi connectivity index (χ3v) is 6.12. The highest BCUT2D eigenvalue weighted by Gasteiger charge is 2.18. The maximum Gasteiger partial charge on any atom is -0.00238 e. The quantitative estimate of drug-likeness (QED) is 0.264. The Hall–Kier alpha value is -3.38.